The summed E-state index contributed by atoms with van der Waals surface area (Å²) in [5.41, 5.74) is 7.32. The lowest BCUT2D eigenvalue weighted by molar-refractivity contribution is 0.626. The van der Waals surface area contributed by atoms with Gasteiger partial charge in [0.15, 0.2) is 0 Å². The van der Waals surface area contributed by atoms with Gasteiger partial charge < -0.3 is 9.13 Å². The second kappa shape index (κ2) is 6.92. The predicted octanol–water partition coefficient (Wildman–Crippen LogP) is 6.34. The molecule has 7 heteroatoms. The number of rotatable bonds is 2. The summed E-state index contributed by atoms with van der Waals surface area (Å²) in [4.78, 5) is 14.2. The first-order valence-electron chi connectivity index (χ1n) is 10.8. The molecule has 7 rings (SSSR count). The van der Waals surface area contributed by atoms with E-state index < -0.39 is 0 Å². The van der Waals surface area contributed by atoms with Gasteiger partial charge in [-0.2, -0.15) is 0 Å². The lowest BCUT2D eigenvalue weighted by Crippen LogP contribution is -1.97. The van der Waals surface area contributed by atoms with Gasteiger partial charge in [-0.15, -0.1) is 0 Å². The molecule has 5 aromatic heterocycles. The third kappa shape index (κ3) is 2.61. The van der Waals surface area contributed by atoms with E-state index in [2.05, 4.69) is 9.97 Å². The first kappa shape index (κ1) is 18.9. The summed E-state index contributed by atoms with van der Waals surface area (Å²) in [6.07, 6.45) is 3.44. The van der Waals surface area contributed by atoms with E-state index in [1.807, 2.05) is 51.6 Å². The number of hydrogen-bond donors (Lipinski definition) is 0. The molecule has 2 aromatic carbocycles. The highest BCUT2D eigenvalue weighted by Crippen LogP contribution is 2.36. The van der Waals surface area contributed by atoms with Gasteiger partial charge in [-0.1, -0.05) is 12.1 Å². The Balaban J connectivity index is 1.69. The van der Waals surface area contributed by atoms with Crippen molar-refractivity contribution in [3.8, 4) is 11.4 Å². The molecule has 0 aliphatic heterocycles. The van der Waals surface area contributed by atoms with Crippen molar-refractivity contribution in [2.24, 2.45) is 0 Å². The van der Waals surface area contributed by atoms with Crippen molar-refractivity contribution in [3.05, 3.63) is 103 Å². The van der Waals surface area contributed by atoms with Gasteiger partial charge in [-0.3, -0.25) is 9.97 Å². The number of hydrogen-bond acceptors (Lipinski definition) is 3. The van der Waals surface area contributed by atoms with Gasteiger partial charge in [-0.25, -0.2) is 13.8 Å². The van der Waals surface area contributed by atoms with Crippen LogP contribution in [0.2, 0.25) is 0 Å². The molecule has 0 atom stereocenters. The topological polar surface area (TPSA) is 48.5 Å². The van der Waals surface area contributed by atoms with Crippen molar-refractivity contribution in [1.29, 1.82) is 0 Å². The minimum absolute atomic E-state index is 0.330. The Morgan fingerprint density at radius 1 is 0.500 bits per heavy atom. The summed E-state index contributed by atoms with van der Waals surface area (Å²) in [6.45, 7) is 0. The largest absolute Gasteiger partial charge is 0.306 e. The molecule has 0 aliphatic rings. The summed E-state index contributed by atoms with van der Waals surface area (Å²) in [5.74, 6) is -0.660. The summed E-state index contributed by atoms with van der Waals surface area (Å²) in [6, 6.07) is 22.4. The van der Waals surface area contributed by atoms with Gasteiger partial charge in [0.25, 0.3) is 0 Å². The smallest absolute Gasteiger partial charge is 0.125 e. The minimum Gasteiger partial charge on any atom is -0.306 e. The summed E-state index contributed by atoms with van der Waals surface area (Å²) in [5, 5.41) is 0. The molecule has 0 aliphatic carbocycles. The van der Waals surface area contributed by atoms with E-state index in [1.54, 1.807) is 24.5 Å². The minimum atomic E-state index is -0.330. The Bertz CT molecular complexity index is 1770. The van der Waals surface area contributed by atoms with E-state index in [1.165, 1.54) is 24.3 Å². The number of benzene rings is 2. The highest BCUT2D eigenvalue weighted by Gasteiger charge is 2.20. The van der Waals surface area contributed by atoms with Crippen LogP contribution in [0, 0.1) is 11.6 Å². The molecule has 0 unspecified atom stereocenters. The molecule has 5 nitrogen and oxygen atoms in total. The second-order valence-corrected chi connectivity index (χ2v) is 8.10. The van der Waals surface area contributed by atoms with Crippen LogP contribution in [0.5, 0.6) is 0 Å². The molecule has 0 bridgehead atoms. The Morgan fingerprint density at radius 2 is 1.00 bits per heavy atom. The van der Waals surface area contributed by atoms with Gasteiger partial charge in [0, 0.05) is 23.8 Å². The van der Waals surface area contributed by atoms with Crippen molar-refractivity contribution < 1.29 is 8.78 Å². The molecule has 0 amide bonds. The van der Waals surface area contributed by atoms with Gasteiger partial charge >= 0.3 is 0 Å². The van der Waals surface area contributed by atoms with Crippen LogP contribution < -0.4 is 0 Å². The van der Waals surface area contributed by atoms with E-state index >= 15 is 0 Å². The third-order valence-electron chi connectivity index (χ3n) is 6.10. The molecule has 7 aromatic rings. The van der Waals surface area contributed by atoms with Gasteiger partial charge in [-0.05, 0) is 66.7 Å². The number of fused-ring (bicyclic) bond motifs is 6. The number of pyridine rings is 3. The lowest BCUT2D eigenvalue weighted by atomic mass is 10.2. The normalized spacial score (nSPS) is 11.8. The SMILES string of the molecule is Fc1cccc(-n2c3cccnc3c3nc4c5ncccc5n(-c5cccc(F)c5)c4cc32)c1. The summed E-state index contributed by atoms with van der Waals surface area (Å²) < 4.78 is 32.3. The molecule has 0 N–H and O–H groups in total. The maximum Gasteiger partial charge on any atom is 0.125 e. The monoisotopic (exact) mass is 447 g/mol. The number of aromatic nitrogens is 5. The predicted molar refractivity (Wildman–Crippen MR) is 128 cm³/mol. The van der Waals surface area contributed by atoms with E-state index in [0.717, 1.165) is 22.1 Å². The van der Waals surface area contributed by atoms with Crippen LogP contribution in [-0.2, 0) is 0 Å². The summed E-state index contributed by atoms with van der Waals surface area (Å²) in [7, 11) is 0. The van der Waals surface area contributed by atoms with Crippen molar-refractivity contribution in [2.45, 2.75) is 0 Å². The molecule has 0 fully saturated rings. The maximum absolute atomic E-state index is 14.2. The fraction of sp³-hybridized carbons (Fsp3) is 0. The van der Waals surface area contributed by atoms with Crippen molar-refractivity contribution >= 4 is 44.1 Å². The fourth-order valence-electron chi connectivity index (χ4n) is 4.75. The van der Waals surface area contributed by atoms with Crippen LogP contribution in [0.25, 0.3) is 55.5 Å². The second-order valence-electron chi connectivity index (χ2n) is 8.10. The van der Waals surface area contributed by atoms with Crippen LogP contribution in [-0.4, -0.2) is 24.1 Å². The standard InChI is InChI=1S/C27H15F2N5/c28-16-5-1-7-18(13-16)33-20-9-3-11-30-24(20)26-22(33)15-23-27(32-26)25-21(10-4-12-31-25)34(23)19-8-2-6-17(29)14-19/h1-15H. The molecule has 0 radical (unpaired) electrons. The first-order chi connectivity index (χ1) is 16.7. The molecule has 0 saturated heterocycles. The van der Waals surface area contributed by atoms with E-state index in [4.69, 9.17) is 4.98 Å². The van der Waals surface area contributed by atoms with Crippen molar-refractivity contribution in [1.82, 2.24) is 24.1 Å². The Morgan fingerprint density at radius 3 is 1.47 bits per heavy atom. The first-order valence-corrected chi connectivity index (χ1v) is 10.8. The molecule has 0 saturated carbocycles. The number of halogens is 2. The average Bonchev–Trinajstić information content (AvgIpc) is 3.35. The molecule has 0 spiro atoms. The van der Waals surface area contributed by atoms with Crippen LogP contribution in [0.4, 0.5) is 8.78 Å². The molecule has 162 valence electrons. The molecular weight excluding hydrogens is 432 g/mol. The van der Waals surface area contributed by atoms with Crippen molar-refractivity contribution in [2.75, 3.05) is 0 Å². The van der Waals surface area contributed by atoms with E-state index in [-0.39, 0.29) is 11.6 Å². The Kier molecular flexibility index (Phi) is 3.84. The number of nitrogens with zero attached hydrogens (tertiary/aromatic N) is 5. The molecular formula is C27H15F2N5. The lowest BCUT2D eigenvalue weighted by Gasteiger charge is -2.09. The summed E-state index contributed by atoms with van der Waals surface area (Å²) >= 11 is 0. The molecule has 34 heavy (non-hydrogen) atoms. The van der Waals surface area contributed by atoms with Crippen LogP contribution in [0.15, 0.2) is 91.3 Å². The van der Waals surface area contributed by atoms with Gasteiger partial charge in [0.1, 0.15) is 33.7 Å². The van der Waals surface area contributed by atoms with Crippen LogP contribution in [0.3, 0.4) is 0 Å². The Hall–Kier alpha value is -4.65. The molecule has 5 heterocycles. The zero-order chi connectivity index (χ0) is 22.8. The zero-order valence-electron chi connectivity index (χ0n) is 17.7. The highest BCUT2D eigenvalue weighted by atomic mass is 19.1. The van der Waals surface area contributed by atoms with Gasteiger partial charge in [0.05, 0.1) is 22.1 Å². The Labute approximate surface area is 191 Å². The third-order valence-corrected chi connectivity index (χ3v) is 6.10. The quantitative estimate of drug-likeness (QED) is 0.311. The van der Waals surface area contributed by atoms with E-state index in [0.29, 0.717) is 33.4 Å². The van der Waals surface area contributed by atoms with Crippen molar-refractivity contribution in [3.63, 3.8) is 0 Å². The zero-order valence-corrected chi connectivity index (χ0v) is 17.7. The van der Waals surface area contributed by atoms with E-state index in [9.17, 15) is 8.78 Å². The average molecular weight is 447 g/mol. The maximum atomic E-state index is 14.2. The van der Waals surface area contributed by atoms with Gasteiger partial charge in [0.2, 0.25) is 0 Å². The fourth-order valence-corrected chi connectivity index (χ4v) is 4.75. The van der Waals surface area contributed by atoms with Crippen LogP contribution >= 0.6 is 0 Å². The highest BCUT2D eigenvalue weighted by molar-refractivity contribution is 6.13. The van der Waals surface area contributed by atoms with Crippen LogP contribution in [0.1, 0.15) is 0 Å².